The van der Waals surface area contributed by atoms with Crippen LogP contribution in [0.3, 0.4) is 0 Å². The van der Waals surface area contributed by atoms with Crippen molar-refractivity contribution in [3.63, 3.8) is 0 Å². The molecule has 1 N–H and O–H groups in total. The van der Waals surface area contributed by atoms with Crippen LogP contribution in [0.5, 0.6) is 0 Å². The van der Waals surface area contributed by atoms with Gasteiger partial charge in [0.15, 0.2) is 0 Å². The minimum absolute atomic E-state index is 0.374. The van der Waals surface area contributed by atoms with Crippen molar-refractivity contribution in [2.75, 3.05) is 26.2 Å². The SMILES string of the molecule is Cc1cccc2nc(C(C)N3CCNCC3)n(C)c12. The number of para-hydroxylation sites is 1. The van der Waals surface area contributed by atoms with E-state index in [1.165, 1.54) is 16.9 Å². The van der Waals surface area contributed by atoms with Gasteiger partial charge in [0, 0.05) is 33.2 Å². The van der Waals surface area contributed by atoms with E-state index in [1.54, 1.807) is 0 Å². The van der Waals surface area contributed by atoms with E-state index in [1.807, 2.05) is 0 Å². The van der Waals surface area contributed by atoms with E-state index in [9.17, 15) is 0 Å². The summed E-state index contributed by atoms with van der Waals surface area (Å²) in [6.07, 6.45) is 0. The summed E-state index contributed by atoms with van der Waals surface area (Å²) in [5.74, 6) is 1.17. The number of fused-ring (bicyclic) bond motifs is 1. The fraction of sp³-hybridized carbons (Fsp3) is 0.533. The maximum atomic E-state index is 4.85. The third kappa shape index (κ3) is 2.15. The number of nitrogens with zero attached hydrogens (tertiary/aromatic N) is 3. The van der Waals surface area contributed by atoms with Gasteiger partial charge in [-0.2, -0.15) is 0 Å². The van der Waals surface area contributed by atoms with Gasteiger partial charge in [0.1, 0.15) is 5.82 Å². The van der Waals surface area contributed by atoms with Gasteiger partial charge in [-0.1, -0.05) is 12.1 Å². The second-order valence-corrected chi connectivity index (χ2v) is 5.43. The van der Waals surface area contributed by atoms with Crippen LogP contribution in [0.2, 0.25) is 0 Å². The molecule has 0 amide bonds. The van der Waals surface area contributed by atoms with Crippen LogP contribution < -0.4 is 5.32 Å². The lowest BCUT2D eigenvalue weighted by Crippen LogP contribution is -2.44. The topological polar surface area (TPSA) is 33.1 Å². The van der Waals surface area contributed by atoms with Gasteiger partial charge in [-0.25, -0.2) is 4.98 Å². The van der Waals surface area contributed by atoms with Crippen LogP contribution in [0.15, 0.2) is 18.2 Å². The lowest BCUT2D eigenvalue weighted by atomic mass is 10.2. The van der Waals surface area contributed by atoms with Crippen LogP contribution in [0, 0.1) is 6.92 Å². The molecule has 4 nitrogen and oxygen atoms in total. The highest BCUT2D eigenvalue weighted by atomic mass is 15.2. The zero-order valence-electron chi connectivity index (χ0n) is 12.0. The second-order valence-electron chi connectivity index (χ2n) is 5.43. The third-order valence-corrected chi connectivity index (χ3v) is 4.20. The molecule has 0 aliphatic carbocycles. The molecule has 1 saturated heterocycles. The average Bonchev–Trinajstić information content (AvgIpc) is 2.78. The third-order valence-electron chi connectivity index (χ3n) is 4.20. The molecule has 1 fully saturated rings. The highest BCUT2D eigenvalue weighted by Gasteiger charge is 2.22. The molecule has 2 heterocycles. The van der Waals surface area contributed by atoms with Gasteiger partial charge in [-0.3, -0.25) is 4.90 Å². The fourth-order valence-corrected chi connectivity index (χ4v) is 3.09. The molecule has 1 atom stereocenters. The van der Waals surface area contributed by atoms with Crippen molar-refractivity contribution in [3.05, 3.63) is 29.6 Å². The molecule has 0 spiro atoms. The highest BCUT2D eigenvalue weighted by Crippen LogP contribution is 2.25. The number of aromatic nitrogens is 2. The van der Waals surface area contributed by atoms with Crippen molar-refractivity contribution in [1.29, 1.82) is 0 Å². The molecule has 4 heteroatoms. The number of piperazine rings is 1. The minimum Gasteiger partial charge on any atom is -0.330 e. The first kappa shape index (κ1) is 12.6. The van der Waals surface area contributed by atoms with Crippen molar-refractivity contribution in [3.8, 4) is 0 Å². The minimum atomic E-state index is 0.374. The van der Waals surface area contributed by atoms with Crippen molar-refractivity contribution >= 4 is 11.0 Å². The van der Waals surface area contributed by atoms with Crippen LogP contribution in [-0.4, -0.2) is 40.6 Å². The van der Waals surface area contributed by atoms with Gasteiger partial charge in [0.2, 0.25) is 0 Å². The van der Waals surface area contributed by atoms with Crippen molar-refractivity contribution < 1.29 is 0 Å². The average molecular weight is 258 g/mol. The van der Waals surface area contributed by atoms with Crippen LogP contribution in [0.25, 0.3) is 11.0 Å². The molecule has 0 radical (unpaired) electrons. The van der Waals surface area contributed by atoms with Gasteiger partial charge in [0.25, 0.3) is 0 Å². The molecule has 19 heavy (non-hydrogen) atoms. The summed E-state index contributed by atoms with van der Waals surface area (Å²) in [5, 5.41) is 3.40. The van der Waals surface area contributed by atoms with Gasteiger partial charge in [0.05, 0.1) is 17.1 Å². The van der Waals surface area contributed by atoms with Crippen molar-refractivity contribution in [2.45, 2.75) is 19.9 Å². The number of benzene rings is 1. The number of imidazole rings is 1. The van der Waals surface area contributed by atoms with Crippen LogP contribution >= 0.6 is 0 Å². The Balaban J connectivity index is 2.00. The van der Waals surface area contributed by atoms with E-state index in [-0.39, 0.29) is 0 Å². The summed E-state index contributed by atoms with van der Waals surface area (Å²) >= 11 is 0. The molecule has 1 aliphatic rings. The Bertz CT molecular complexity index is 581. The fourth-order valence-electron chi connectivity index (χ4n) is 3.09. The molecule has 1 aliphatic heterocycles. The van der Waals surface area contributed by atoms with Gasteiger partial charge in [-0.15, -0.1) is 0 Å². The molecule has 0 saturated carbocycles. The van der Waals surface area contributed by atoms with Gasteiger partial charge < -0.3 is 9.88 Å². The monoisotopic (exact) mass is 258 g/mol. The van der Waals surface area contributed by atoms with E-state index >= 15 is 0 Å². The maximum absolute atomic E-state index is 4.85. The van der Waals surface area contributed by atoms with E-state index in [0.29, 0.717) is 6.04 Å². The second kappa shape index (κ2) is 4.94. The molecular formula is C15H22N4. The normalized spacial score (nSPS) is 18.9. The van der Waals surface area contributed by atoms with Crippen molar-refractivity contribution in [2.24, 2.45) is 7.05 Å². The molecule has 3 rings (SSSR count). The summed E-state index contributed by atoms with van der Waals surface area (Å²) in [7, 11) is 2.14. The molecule has 1 aromatic carbocycles. The molecule has 102 valence electrons. The van der Waals surface area contributed by atoms with Gasteiger partial charge in [-0.05, 0) is 25.5 Å². The van der Waals surface area contributed by atoms with Crippen LogP contribution in [-0.2, 0) is 7.05 Å². The predicted octanol–water partition coefficient (Wildman–Crippen LogP) is 1.85. The summed E-state index contributed by atoms with van der Waals surface area (Å²) in [6.45, 7) is 8.78. The number of rotatable bonds is 2. The Morgan fingerprint density at radius 3 is 2.68 bits per heavy atom. The quantitative estimate of drug-likeness (QED) is 0.892. The van der Waals surface area contributed by atoms with Crippen LogP contribution in [0.1, 0.15) is 24.4 Å². The summed E-state index contributed by atoms with van der Waals surface area (Å²) in [5.41, 5.74) is 3.67. The zero-order chi connectivity index (χ0) is 13.4. The van der Waals surface area contributed by atoms with Crippen molar-refractivity contribution in [1.82, 2.24) is 19.8 Å². The Kier molecular flexibility index (Phi) is 3.29. The smallest absolute Gasteiger partial charge is 0.126 e. The first-order chi connectivity index (χ1) is 9.18. The zero-order valence-corrected chi connectivity index (χ0v) is 12.0. The summed E-state index contributed by atoms with van der Waals surface area (Å²) in [4.78, 5) is 7.36. The Labute approximate surface area is 114 Å². The highest BCUT2D eigenvalue weighted by molar-refractivity contribution is 5.79. The standard InChI is InChI=1S/C15H22N4/c1-11-5-4-6-13-14(11)18(3)15(17-13)12(2)19-9-7-16-8-10-19/h4-6,12,16H,7-10H2,1-3H3. The Hall–Kier alpha value is -1.39. The van der Waals surface area contributed by atoms with Gasteiger partial charge >= 0.3 is 0 Å². The number of nitrogens with one attached hydrogen (secondary N) is 1. The van der Waals surface area contributed by atoms with E-state index < -0.39 is 0 Å². The first-order valence-electron chi connectivity index (χ1n) is 7.05. The molecular weight excluding hydrogens is 236 g/mol. The van der Waals surface area contributed by atoms with E-state index in [2.05, 4.69) is 53.9 Å². The summed E-state index contributed by atoms with van der Waals surface area (Å²) < 4.78 is 2.26. The number of hydrogen-bond acceptors (Lipinski definition) is 3. The maximum Gasteiger partial charge on any atom is 0.126 e. The lowest BCUT2D eigenvalue weighted by Gasteiger charge is -2.32. The largest absolute Gasteiger partial charge is 0.330 e. The van der Waals surface area contributed by atoms with E-state index in [4.69, 9.17) is 4.98 Å². The van der Waals surface area contributed by atoms with E-state index in [0.717, 1.165) is 31.7 Å². The number of aryl methyl sites for hydroxylation is 2. The molecule has 2 aromatic rings. The Morgan fingerprint density at radius 2 is 2.00 bits per heavy atom. The lowest BCUT2D eigenvalue weighted by molar-refractivity contribution is 0.177. The first-order valence-corrected chi connectivity index (χ1v) is 7.05. The molecule has 0 bridgehead atoms. The molecule has 1 aromatic heterocycles. The number of hydrogen-bond donors (Lipinski definition) is 1. The summed E-state index contributed by atoms with van der Waals surface area (Å²) in [6, 6.07) is 6.72. The predicted molar refractivity (Wildman–Crippen MR) is 78.3 cm³/mol. The molecule has 1 unspecified atom stereocenters. The van der Waals surface area contributed by atoms with Crippen LogP contribution in [0.4, 0.5) is 0 Å². The Morgan fingerprint density at radius 1 is 1.26 bits per heavy atom.